The number of nitrogens with two attached hydrogens (primary N) is 1. The minimum Gasteiger partial charge on any atom is -0.305 e. The maximum atomic E-state index is 4.92. The Morgan fingerprint density at radius 3 is 2.62 bits per heavy atom. The van der Waals surface area contributed by atoms with Crippen molar-refractivity contribution in [3.63, 3.8) is 0 Å². The minimum atomic E-state index is 0.638. The normalized spacial score (nSPS) is 10.3. The quantitative estimate of drug-likeness (QED) is 0.447. The van der Waals surface area contributed by atoms with E-state index in [-0.39, 0.29) is 0 Å². The van der Waals surface area contributed by atoms with Gasteiger partial charge in [0.1, 0.15) is 0 Å². The summed E-state index contributed by atoms with van der Waals surface area (Å²) in [7, 11) is 0. The minimum absolute atomic E-state index is 0.638. The van der Waals surface area contributed by atoms with Crippen LogP contribution in [-0.2, 0) is 4.84 Å². The molecule has 0 unspecified atom stereocenters. The molecule has 0 heterocycles. The van der Waals surface area contributed by atoms with Gasteiger partial charge in [-0.2, -0.15) is 0 Å². The molecule has 1 rings (SSSR count). The molecule has 0 aliphatic rings. The monoisotopic (exact) mass is 197 g/mol. The highest BCUT2D eigenvalue weighted by molar-refractivity contribution is 7.99. The van der Waals surface area contributed by atoms with Gasteiger partial charge in [0.05, 0.1) is 6.61 Å². The van der Waals surface area contributed by atoms with Crippen molar-refractivity contribution in [1.29, 1.82) is 0 Å². The molecule has 13 heavy (non-hydrogen) atoms. The first-order valence-corrected chi connectivity index (χ1v) is 5.32. The Hall–Kier alpha value is -0.510. The van der Waals surface area contributed by atoms with Crippen LogP contribution >= 0.6 is 11.8 Å². The zero-order valence-corrected chi connectivity index (χ0v) is 8.64. The van der Waals surface area contributed by atoms with Crippen molar-refractivity contribution in [3.05, 3.63) is 29.8 Å². The second-order valence-electron chi connectivity index (χ2n) is 2.89. The maximum Gasteiger partial charge on any atom is 0.0687 e. The van der Waals surface area contributed by atoms with Crippen molar-refractivity contribution in [1.82, 2.24) is 0 Å². The fraction of sp³-hybridized carbons (Fsp3) is 0.400. The highest BCUT2D eigenvalue weighted by atomic mass is 32.2. The van der Waals surface area contributed by atoms with Crippen molar-refractivity contribution in [2.75, 3.05) is 12.4 Å². The Morgan fingerprint density at radius 2 is 2.00 bits per heavy atom. The Morgan fingerprint density at radius 1 is 1.31 bits per heavy atom. The van der Waals surface area contributed by atoms with Crippen LogP contribution in [0.25, 0.3) is 0 Å². The summed E-state index contributed by atoms with van der Waals surface area (Å²) in [6.07, 6.45) is 0.995. The average molecular weight is 197 g/mol. The van der Waals surface area contributed by atoms with Gasteiger partial charge in [0.2, 0.25) is 0 Å². The van der Waals surface area contributed by atoms with Crippen LogP contribution in [0.15, 0.2) is 29.2 Å². The highest BCUT2D eigenvalue weighted by Gasteiger charge is 1.93. The van der Waals surface area contributed by atoms with Gasteiger partial charge < -0.3 is 4.84 Å². The third kappa shape index (κ3) is 4.31. The van der Waals surface area contributed by atoms with Crippen LogP contribution in [0.1, 0.15) is 12.0 Å². The van der Waals surface area contributed by atoms with Crippen molar-refractivity contribution in [3.8, 4) is 0 Å². The van der Waals surface area contributed by atoms with Crippen LogP contribution in [0.2, 0.25) is 0 Å². The van der Waals surface area contributed by atoms with Crippen LogP contribution in [0.3, 0.4) is 0 Å². The van der Waals surface area contributed by atoms with E-state index in [2.05, 4.69) is 36.0 Å². The molecule has 0 saturated heterocycles. The van der Waals surface area contributed by atoms with Crippen LogP contribution < -0.4 is 5.90 Å². The lowest BCUT2D eigenvalue weighted by Gasteiger charge is -2.01. The molecule has 2 nitrogen and oxygen atoms in total. The first-order valence-electron chi connectivity index (χ1n) is 4.34. The van der Waals surface area contributed by atoms with Crippen molar-refractivity contribution >= 4 is 11.8 Å². The first kappa shape index (κ1) is 10.6. The van der Waals surface area contributed by atoms with E-state index in [1.165, 1.54) is 10.5 Å². The Kier molecular flexibility index (Phi) is 4.90. The highest BCUT2D eigenvalue weighted by Crippen LogP contribution is 2.18. The summed E-state index contributed by atoms with van der Waals surface area (Å²) in [4.78, 5) is 5.79. The molecule has 0 aliphatic carbocycles. The molecular weight excluding hydrogens is 182 g/mol. The van der Waals surface area contributed by atoms with Crippen LogP contribution in [0.5, 0.6) is 0 Å². The first-order chi connectivity index (χ1) is 6.33. The van der Waals surface area contributed by atoms with E-state index in [0.717, 1.165) is 12.2 Å². The fourth-order valence-corrected chi connectivity index (χ4v) is 1.79. The molecule has 0 aliphatic heterocycles. The second kappa shape index (κ2) is 6.02. The summed E-state index contributed by atoms with van der Waals surface area (Å²) < 4.78 is 0. The van der Waals surface area contributed by atoms with E-state index in [1.54, 1.807) is 0 Å². The summed E-state index contributed by atoms with van der Waals surface area (Å²) >= 11 is 1.83. The molecule has 0 bridgehead atoms. The molecule has 1 aromatic carbocycles. The molecule has 0 amide bonds. The van der Waals surface area contributed by atoms with E-state index in [9.17, 15) is 0 Å². The molecular formula is C10H15NOS. The molecule has 72 valence electrons. The smallest absolute Gasteiger partial charge is 0.0687 e. The number of benzene rings is 1. The Bertz CT molecular complexity index is 235. The van der Waals surface area contributed by atoms with E-state index < -0.39 is 0 Å². The molecule has 0 saturated carbocycles. The third-order valence-corrected chi connectivity index (χ3v) is 2.79. The molecule has 0 radical (unpaired) electrons. The van der Waals surface area contributed by atoms with E-state index in [0.29, 0.717) is 6.61 Å². The Balaban J connectivity index is 2.25. The summed E-state index contributed by atoms with van der Waals surface area (Å²) in [5.74, 6) is 5.97. The number of thioether (sulfide) groups is 1. The lowest BCUT2D eigenvalue weighted by Crippen LogP contribution is -2.01. The summed E-state index contributed by atoms with van der Waals surface area (Å²) in [6.45, 7) is 2.73. The van der Waals surface area contributed by atoms with Crippen LogP contribution in [0.4, 0.5) is 0 Å². The predicted molar refractivity (Wildman–Crippen MR) is 56.7 cm³/mol. The van der Waals surface area contributed by atoms with Gasteiger partial charge in [-0.25, -0.2) is 5.90 Å². The zero-order chi connectivity index (χ0) is 9.52. The molecule has 0 fully saturated rings. The van der Waals surface area contributed by atoms with Crippen molar-refractivity contribution in [2.24, 2.45) is 5.90 Å². The lowest BCUT2D eigenvalue weighted by atomic mass is 10.2. The van der Waals surface area contributed by atoms with Gasteiger partial charge in [-0.05, 0) is 25.5 Å². The van der Waals surface area contributed by atoms with Crippen LogP contribution in [0, 0.1) is 6.92 Å². The van der Waals surface area contributed by atoms with E-state index in [1.807, 2.05) is 11.8 Å². The summed E-state index contributed by atoms with van der Waals surface area (Å²) in [5, 5.41) is 0. The average Bonchev–Trinajstić information content (AvgIpc) is 2.15. The maximum absolute atomic E-state index is 4.92. The third-order valence-electron chi connectivity index (χ3n) is 1.70. The van der Waals surface area contributed by atoms with Gasteiger partial charge in [0.25, 0.3) is 0 Å². The van der Waals surface area contributed by atoms with E-state index >= 15 is 0 Å². The molecule has 0 spiro atoms. The molecule has 1 aromatic rings. The van der Waals surface area contributed by atoms with Gasteiger partial charge in [-0.15, -0.1) is 11.8 Å². The molecule has 2 N–H and O–H groups in total. The molecule has 3 heteroatoms. The molecule has 0 aromatic heterocycles. The van der Waals surface area contributed by atoms with Gasteiger partial charge in [-0.3, -0.25) is 0 Å². The molecule has 0 atom stereocenters. The Labute approximate surface area is 83.4 Å². The SMILES string of the molecule is Cc1ccc(SCCCON)cc1. The van der Waals surface area contributed by atoms with Crippen LogP contribution in [-0.4, -0.2) is 12.4 Å². The van der Waals surface area contributed by atoms with Gasteiger partial charge in [0, 0.05) is 10.6 Å². The number of rotatable bonds is 5. The second-order valence-corrected chi connectivity index (χ2v) is 4.05. The van der Waals surface area contributed by atoms with Crippen molar-refractivity contribution in [2.45, 2.75) is 18.2 Å². The topological polar surface area (TPSA) is 35.2 Å². The zero-order valence-electron chi connectivity index (χ0n) is 7.82. The predicted octanol–water partition coefficient (Wildman–Crippen LogP) is 2.37. The van der Waals surface area contributed by atoms with Crippen molar-refractivity contribution < 1.29 is 4.84 Å². The fourth-order valence-electron chi connectivity index (χ4n) is 0.967. The van der Waals surface area contributed by atoms with Gasteiger partial charge in [0.15, 0.2) is 0 Å². The summed E-state index contributed by atoms with van der Waals surface area (Å²) in [6, 6.07) is 8.54. The summed E-state index contributed by atoms with van der Waals surface area (Å²) in [5.41, 5.74) is 1.30. The lowest BCUT2D eigenvalue weighted by molar-refractivity contribution is 0.139. The number of hydrogen-bond donors (Lipinski definition) is 1. The largest absolute Gasteiger partial charge is 0.305 e. The standard InChI is InChI=1S/C10H15NOS/c1-9-3-5-10(6-4-9)13-8-2-7-12-11/h3-6H,2,7-8,11H2,1H3. The number of aryl methyl sites for hydroxylation is 1. The van der Waals surface area contributed by atoms with E-state index in [4.69, 9.17) is 5.90 Å². The van der Waals surface area contributed by atoms with Gasteiger partial charge in [-0.1, -0.05) is 17.7 Å². The number of hydrogen-bond acceptors (Lipinski definition) is 3. The van der Waals surface area contributed by atoms with Gasteiger partial charge >= 0.3 is 0 Å².